The van der Waals surface area contributed by atoms with E-state index in [1.807, 2.05) is 0 Å². The predicted octanol–water partition coefficient (Wildman–Crippen LogP) is 1.99. The van der Waals surface area contributed by atoms with Gasteiger partial charge in [0.2, 0.25) is 0 Å². The van der Waals surface area contributed by atoms with Crippen LogP contribution < -0.4 is 10.9 Å². The highest BCUT2D eigenvalue weighted by Gasteiger charge is 2.11. The molecule has 0 atom stereocenters. The van der Waals surface area contributed by atoms with Gasteiger partial charge in [-0.25, -0.2) is 4.79 Å². The fourth-order valence-electron chi connectivity index (χ4n) is 1.66. The van der Waals surface area contributed by atoms with Crippen LogP contribution in [0.3, 0.4) is 0 Å². The number of rotatable bonds is 3. The van der Waals surface area contributed by atoms with Crippen LogP contribution in [0.25, 0.3) is 0 Å². The van der Waals surface area contributed by atoms with Gasteiger partial charge in [-0.15, -0.1) is 0 Å². The van der Waals surface area contributed by atoms with E-state index >= 15 is 0 Å². The van der Waals surface area contributed by atoms with Crippen LogP contribution in [0.1, 0.15) is 20.7 Å². The molecule has 0 fully saturated rings. The van der Waals surface area contributed by atoms with Crippen molar-refractivity contribution in [1.82, 2.24) is 4.57 Å². The number of nitrogens with zero attached hydrogens (tertiary/aromatic N) is 1. The second-order valence-corrected chi connectivity index (χ2v) is 4.73. The number of carbonyl (C=O) groups excluding carboxylic acids is 1. The number of aromatic carboxylic acids is 1. The second kappa shape index (κ2) is 5.80. The Balaban J connectivity index is 2.23. The van der Waals surface area contributed by atoms with Crippen LogP contribution in [0, 0.1) is 0 Å². The highest BCUT2D eigenvalue weighted by molar-refractivity contribution is 6.33. The van der Waals surface area contributed by atoms with Gasteiger partial charge in [-0.05, 0) is 24.3 Å². The molecule has 108 valence electrons. The summed E-state index contributed by atoms with van der Waals surface area (Å²) in [6.45, 7) is 0. The van der Waals surface area contributed by atoms with Crippen LogP contribution in [-0.4, -0.2) is 21.6 Å². The number of carbonyl (C=O) groups is 2. The number of aromatic nitrogens is 1. The van der Waals surface area contributed by atoms with Crippen molar-refractivity contribution >= 4 is 29.2 Å². The molecule has 2 N–H and O–H groups in total. The number of hydrogen-bond donors (Lipinski definition) is 2. The lowest BCUT2D eigenvalue weighted by Crippen LogP contribution is -2.20. The lowest BCUT2D eigenvalue weighted by atomic mass is 10.2. The predicted molar refractivity (Wildman–Crippen MR) is 78.0 cm³/mol. The Labute approximate surface area is 124 Å². The standard InChI is InChI=1S/C14H11ClN2O4/c1-17-5-4-8(6-12(17)18)13(19)16-9-2-3-10(14(20)21)11(15)7-9/h2-7H,1H3,(H,16,19)(H,20,21). The van der Waals surface area contributed by atoms with E-state index in [2.05, 4.69) is 5.32 Å². The second-order valence-electron chi connectivity index (χ2n) is 4.32. The summed E-state index contributed by atoms with van der Waals surface area (Å²) in [5.74, 6) is -1.63. The zero-order valence-corrected chi connectivity index (χ0v) is 11.7. The molecule has 0 aliphatic heterocycles. The van der Waals surface area contributed by atoms with Gasteiger partial charge in [-0.2, -0.15) is 0 Å². The molecule has 0 saturated carbocycles. The SMILES string of the molecule is Cn1ccc(C(=O)Nc2ccc(C(=O)O)c(Cl)c2)cc1=O. The molecule has 1 aromatic heterocycles. The Morgan fingerprint density at radius 1 is 1.24 bits per heavy atom. The quantitative estimate of drug-likeness (QED) is 0.907. The molecule has 0 aliphatic rings. The minimum absolute atomic E-state index is 0.0178. The first kappa shape index (κ1) is 14.8. The van der Waals surface area contributed by atoms with Crippen LogP contribution in [0.15, 0.2) is 41.3 Å². The minimum atomic E-state index is -1.15. The van der Waals surface area contributed by atoms with Crippen molar-refractivity contribution in [3.8, 4) is 0 Å². The normalized spacial score (nSPS) is 10.2. The summed E-state index contributed by atoms with van der Waals surface area (Å²) in [7, 11) is 1.58. The van der Waals surface area contributed by atoms with Gasteiger partial charge in [0.05, 0.1) is 10.6 Å². The number of pyridine rings is 1. The number of nitrogens with one attached hydrogen (secondary N) is 1. The number of aryl methyl sites for hydroxylation is 1. The third kappa shape index (κ3) is 3.29. The molecule has 1 heterocycles. The average molecular weight is 307 g/mol. The van der Waals surface area contributed by atoms with E-state index in [0.717, 1.165) is 0 Å². The molecular formula is C14H11ClN2O4. The molecule has 2 rings (SSSR count). The van der Waals surface area contributed by atoms with E-state index in [9.17, 15) is 14.4 Å². The van der Waals surface area contributed by atoms with E-state index in [1.54, 1.807) is 7.05 Å². The van der Waals surface area contributed by atoms with E-state index in [-0.39, 0.29) is 21.7 Å². The zero-order valence-electron chi connectivity index (χ0n) is 11.0. The highest BCUT2D eigenvalue weighted by atomic mass is 35.5. The van der Waals surface area contributed by atoms with Crippen molar-refractivity contribution in [2.75, 3.05) is 5.32 Å². The van der Waals surface area contributed by atoms with Crippen LogP contribution in [0.4, 0.5) is 5.69 Å². The van der Waals surface area contributed by atoms with Crippen LogP contribution >= 0.6 is 11.6 Å². The number of amides is 1. The van der Waals surface area contributed by atoms with Gasteiger partial charge < -0.3 is 15.0 Å². The molecule has 0 unspecified atom stereocenters. The summed E-state index contributed by atoms with van der Waals surface area (Å²) in [4.78, 5) is 34.3. The van der Waals surface area contributed by atoms with E-state index in [1.165, 1.54) is 41.1 Å². The number of carboxylic acid groups (broad SMARTS) is 1. The Kier molecular flexibility index (Phi) is 4.09. The highest BCUT2D eigenvalue weighted by Crippen LogP contribution is 2.21. The first-order chi connectivity index (χ1) is 9.88. The smallest absolute Gasteiger partial charge is 0.337 e. The van der Waals surface area contributed by atoms with Crippen LogP contribution in [-0.2, 0) is 7.05 Å². The van der Waals surface area contributed by atoms with E-state index < -0.39 is 11.9 Å². The monoisotopic (exact) mass is 306 g/mol. The number of carboxylic acids is 1. The fraction of sp³-hybridized carbons (Fsp3) is 0.0714. The summed E-state index contributed by atoms with van der Waals surface area (Å²) in [6, 6.07) is 6.77. The molecule has 6 nitrogen and oxygen atoms in total. The summed E-state index contributed by atoms with van der Waals surface area (Å²) in [5.41, 5.74) is 0.192. The van der Waals surface area contributed by atoms with Crippen molar-refractivity contribution in [3.05, 3.63) is 63.0 Å². The molecule has 2 aromatic rings. The molecule has 0 spiro atoms. The minimum Gasteiger partial charge on any atom is -0.478 e. The number of benzene rings is 1. The molecule has 0 radical (unpaired) electrons. The zero-order chi connectivity index (χ0) is 15.6. The van der Waals surface area contributed by atoms with Gasteiger partial charge in [0.25, 0.3) is 11.5 Å². The molecule has 7 heteroatoms. The first-order valence-electron chi connectivity index (χ1n) is 5.89. The molecular weight excluding hydrogens is 296 g/mol. The van der Waals surface area contributed by atoms with E-state index in [0.29, 0.717) is 5.69 Å². The molecule has 1 amide bonds. The van der Waals surface area contributed by atoms with Crippen molar-refractivity contribution in [3.63, 3.8) is 0 Å². The van der Waals surface area contributed by atoms with Gasteiger partial charge in [0, 0.05) is 30.6 Å². The molecule has 0 saturated heterocycles. The number of anilines is 1. The Morgan fingerprint density at radius 2 is 1.95 bits per heavy atom. The Morgan fingerprint density at radius 3 is 2.52 bits per heavy atom. The molecule has 0 bridgehead atoms. The van der Waals surface area contributed by atoms with Gasteiger partial charge >= 0.3 is 5.97 Å². The van der Waals surface area contributed by atoms with Gasteiger partial charge in [-0.1, -0.05) is 11.6 Å². The molecule has 1 aromatic carbocycles. The third-order valence-electron chi connectivity index (χ3n) is 2.82. The van der Waals surface area contributed by atoms with Crippen molar-refractivity contribution in [2.45, 2.75) is 0 Å². The third-order valence-corrected chi connectivity index (χ3v) is 3.14. The Hall–Kier alpha value is -2.60. The molecule has 0 aliphatic carbocycles. The maximum atomic E-state index is 12.0. The first-order valence-corrected chi connectivity index (χ1v) is 6.27. The summed E-state index contributed by atoms with van der Waals surface area (Å²) in [5, 5.41) is 11.4. The van der Waals surface area contributed by atoms with Crippen molar-refractivity contribution in [2.24, 2.45) is 7.05 Å². The van der Waals surface area contributed by atoms with Crippen molar-refractivity contribution in [1.29, 1.82) is 0 Å². The summed E-state index contributed by atoms with van der Waals surface area (Å²) >= 11 is 5.81. The Bertz CT molecular complexity index is 783. The van der Waals surface area contributed by atoms with Crippen molar-refractivity contribution < 1.29 is 14.7 Å². The maximum absolute atomic E-state index is 12.0. The topological polar surface area (TPSA) is 88.4 Å². The largest absolute Gasteiger partial charge is 0.478 e. The number of hydrogen-bond acceptors (Lipinski definition) is 3. The summed E-state index contributed by atoms with van der Waals surface area (Å²) in [6.07, 6.45) is 1.48. The van der Waals surface area contributed by atoms with Gasteiger partial charge in [0.15, 0.2) is 0 Å². The average Bonchev–Trinajstić information content (AvgIpc) is 2.41. The van der Waals surface area contributed by atoms with Gasteiger partial charge in [-0.3, -0.25) is 9.59 Å². The van der Waals surface area contributed by atoms with Gasteiger partial charge in [0.1, 0.15) is 0 Å². The van der Waals surface area contributed by atoms with E-state index in [4.69, 9.17) is 16.7 Å². The lowest BCUT2D eigenvalue weighted by Gasteiger charge is -2.07. The number of halogens is 1. The van der Waals surface area contributed by atoms with Crippen LogP contribution in [0.5, 0.6) is 0 Å². The maximum Gasteiger partial charge on any atom is 0.337 e. The summed E-state index contributed by atoms with van der Waals surface area (Å²) < 4.78 is 1.34. The fourth-order valence-corrected chi connectivity index (χ4v) is 1.92. The molecule has 21 heavy (non-hydrogen) atoms. The lowest BCUT2D eigenvalue weighted by molar-refractivity contribution is 0.0697. The van der Waals surface area contributed by atoms with Crippen LogP contribution in [0.2, 0.25) is 5.02 Å².